The van der Waals surface area contributed by atoms with Crippen LogP contribution >= 0.6 is 15.9 Å². The molecular formula is C13H15BrO3. The fourth-order valence-corrected chi connectivity index (χ4v) is 2.14. The van der Waals surface area contributed by atoms with Crippen LogP contribution in [0.4, 0.5) is 0 Å². The second-order valence-electron chi connectivity index (χ2n) is 5.05. The summed E-state index contributed by atoms with van der Waals surface area (Å²) < 4.78 is 11.7. The normalized spacial score (nSPS) is 14.6. The highest BCUT2D eigenvalue weighted by Gasteiger charge is 2.27. The molecular weight excluding hydrogens is 284 g/mol. The number of ether oxygens (including phenoxy) is 2. The van der Waals surface area contributed by atoms with E-state index >= 15 is 0 Å². The molecule has 0 amide bonds. The zero-order valence-electron chi connectivity index (χ0n) is 10.2. The van der Waals surface area contributed by atoms with E-state index in [1.165, 1.54) is 0 Å². The van der Waals surface area contributed by atoms with Gasteiger partial charge in [-0.2, -0.15) is 0 Å². The number of benzene rings is 1. The fraction of sp³-hybridized carbons (Fsp3) is 0.462. The molecule has 0 atom stereocenters. The van der Waals surface area contributed by atoms with Crippen molar-refractivity contribution in [3.8, 4) is 11.5 Å². The third kappa shape index (κ3) is 2.46. The van der Waals surface area contributed by atoms with Gasteiger partial charge in [0.1, 0.15) is 13.2 Å². The van der Waals surface area contributed by atoms with Crippen molar-refractivity contribution in [2.24, 2.45) is 5.41 Å². The lowest BCUT2D eigenvalue weighted by Gasteiger charge is -2.22. The number of ketones is 1. The Balaban J connectivity index is 2.45. The summed E-state index contributed by atoms with van der Waals surface area (Å²) in [6.45, 7) is 6.78. The molecule has 1 aliphatic rings. The monoisotopic (exact) mass is 298 g/mol. The average molecular weight is 299 g/mol. The third-order valence-electron chi connectivity index (χ3n) is 2.56. The van der Waals surface area contributed by atoms with Gasteiger partial charge in [0.25, 0.3) is 0 Å². The van der Waals surface area contributed by atoms with Crippen LogP contribution in [0.15, 0.2) is 16.6 Å². The van der Waals surface area contributed by atoms with Crippen LogP contribution in [0.1, 0.15) is 31.1 Å². The van der Waals surface area contributed by atoms with Gasteiger partial charge in [0.15, 0.2) is 17.3 Å². The van der Waals surface area contributed by atoms with Gasteiger partial charge in [0.2, 0.25) is 0 Å². The van der Waals surface area contributed by atoms with E-state index in [0.29, 0.717) is 30.3 Å². The van der Waals surface area contributed by atoms with Gasteiger partial charge in [0.05, 0.1) is 0 Å². The van der Waals surface area contributed by atoms with Gasteiger partial charge in [-0.15, -0.1) is 0 Å². The molecule has 1 aromatic carbocycles. The highest BCUT2D eigenvalue weighted by Crippen LogP contribution is 2.37. The van der Waals surface area contributed by atoms with Crippen molar-refractivity contribution in [3.63, 3.8) is 0 Å². The number of halogens is 1. The van der Waals surface area contributed by atoms with Crippen molar-refractivity contribution in [1.29, 1.82) is 0 Å². The molecule has 0 radical (unpaired) electrons. The topological polar surface area (TPSA) is 35.5 Å². The Morgan fingerprint density at radius 1 is 1.18 bits per heavy atom. The van der Waals surface area contributed by atoms with E-state index in [1.54, 1.807) is 12.1 Å². The Hall–Kier alpha value is -1.03. The van der Waals surface area contributed by atoms with Crippen molar-refractivity contribution in [1.82, 2.24) is 0 Å². The van der Waals surface area contributed by atoms with Crippen molar-refractivity contribution < 1.29 is 14.3 Å². The summed E-state index contributed by atoms with van der Waals surface area (Å²) in [5, 5.41) is 0. The van der Waals surface area contributed by atoms with E-state index in [2.05, 4.69) is 15.9 Å². The molecule has 92 valence electrons. The summed E-state index contributed by atoms with van der Waals surface area (Å²) in [5.41, 5.74) is 0.230. The van der Waals surface area contributed by atoms with Gasteiger partial charge in [-0.1, -0.05) is 20.8 Å². The van der Waals surface area contributed by atoms with Gasteiger partial charge in [0, 0.05) is 15.5 Å². The first-order valence-corrected chi connectivity index (χ1v) is 6.33. The molecule has 0 bridgehead atoms. The van der Waals surface area contributed by atoms with Crippen LogP contribution in [0, 0.1) is 5.41 Å². The van der Waals surface area contributed by atoms with Gasteiger partial charge >= 0.3 is 0 Å². The molecule has 1 aromatic rings. The molecule has 1 aliphatic heterocycles. The highest BCUT2D eigenvalue weighted by atomic mass is 79.9. The molecule has 0 spiro atoms. The van der Waals surface area contributed by atoms with Gasteiger partial charge < -0.3 is 9.47 Å². The summed E-state index contributed by atoms with van der Waals surface area (Å²) in [5.74, 6) is 1.42. The van der Waals surface area contributed by atoms with Crippen LogP contribution in [0.3, 0.4) is 0 Å². The summed E-state index contributed by atoms with van der Waals surface area (Å²) in [4.78, 5) is 12.2. The smallest absolute Gasteiger partial charge is 0.169 e. The molecule has 0 aromatic heterocycles. The second kappa shape index (κ2) is 4.33. The maximum atomic E-state index is 12.2. The van der Waals surface area contributed by atoms with Crippen LogP contribution in [0.2, 0.25) is 0 Å². The van der Waals surface area contributed by atoms with E-state index in [-0.39, 0.29) is 5.78 Å². The number of hydrogen-bond acceptors (Lipinski definition) is 3. The first-order valence-electron chi connectivity index (χ1n) is 5.53. The number of hydrogen-bond donors (Lipinski definition) is 0. The highest BCUT2D eigenvalue weighted by molar-refractivity contribution is 9.10. The van der Waals surface area contributed by atoms with Crippen molar-refractivity contribution >= 4 is 21.7 Å². The van der Waals surface area contributed by atoms with E-state index in [1.807, 2.05) is 20.8 Å². The molecule has 17 heavy (non-hydrogen) atoms. The van der Waals surface area contributed by atoms with Crippen LogP contribution < -0.4 is 9.47 Å². The number of fused-ring (bicyclic) bond motifs is 1. The second-order valence-corrected chi connectivity index (χ2v) is 5.91. The Morgan fingerprint density at radius 2 is 1.71 bits per heavy atom. The van der Waals surface area contributed by atoms with Crippen LogP contribution in [-0.4, -0.2) is 19.0 Å². The summed E-state index contributed by atoms with van der Waals surface area (Å²) in [7, 11) is 0. The first-order chi connectivity index (χ1) is 7.89. The van der Waals surface area contributed by atoms with Crippen LogP contribution in [-0.2, 0) is 0 Å². The van der Waals surface area contributed by atoms with E-state index in [4.69, 9.17) is 9.47 Å². The number of carbonyl (C=O) groups is 1. The average Bonchev–Trinajstić information content (AvgIpc) is 2.26. The molecule has 0 N–H and O–H groups in total. The predicted molar refractivity (Wildman–Crippen MR) is 68.9 cm³/mol. The quantitative estimate of drug-likeness (QED) is 0.745. The Labute approximate surface area is 109 Å². The number of Topliss-reactive ketones (excluding diaryl/α,β-unsaturated/α-hetero) is 1. The number of rotatable bonds is 1. The summed E-state index contributed by atoms with van der Waals surface area (Å²) >= 11 is 3.41. The van der Waals surface area contributed by atoms with Gasteiger partial charge in [-0.25, -0.2) is 0 Å². The lowest BCUT2D eigenvalue weighted by Crippen LogP contribution is -2.22. The molecule has 0 unspecified atom stereocenters. The molecule has 0 aliphatic carbocycles. The lowest BCUT2D eigenvalue weighted by molar-refractivity contribution is 0.0856. The van der Waals surface area contributed by atoms with Crippen LogP contribution in [0.5, 0.6) is 11.5 Å². The Morgan fingerprint density at radius 3 is 2.24 bits per heavy atom. The minimum Gasteiger partial charge on any atom is -0.486 e. The SMILES string of the molecule is CC(C)(C)C(=O)c1cc2c(cc1Br)OCCO2. The maximum Gasteiger partial charge on any atom is 0.169 e. The zero-order valence-corrected chi connectivity index (χ0v) is 11.8. The van der Waals surface area contributed by atoms with Gasteiger partial charge in [-0.3, -0.25) is 4.79 Å². The maximum absolute atomic E-state index is 12.2. The number of carbonyl (C=O) groups excluding carboxylic acids is 1. The van der Waals surface area contributed by atoms with E-state index in [9.17, 15) is 4.79 Å². The molecule has 0 saturated carbocycles. The van der Waals surface area contributed by atoms with Crippen molar-refractivity contribution in [2.45, 2.75) is 20.8 Å². The third-order valence-corrected chi connectivity index (χ3v) is 3.21. The van der Waals surface area contributed by atoms with Crippen molar-refractivity contribution in [2.75, 3.05) is 13.2 Å². The van der Waals surface area contributed by atoms with Gasteiger partial charge in [-0.05, 0) is 28.1 Å². The summed E-state index contributed by atoms with van der Waals surface area (Å²) in [6, 6.07) is 3.56. The lowest BCUT2D eigenvalue weighted by atomic mass is 9.86. The largest absolute Gasteiger partial charge is 0.486 e. The molecule has 4 heteroatoms. The Kier molecular flexibility index (Phi) is 3.17. The van der Waals surface area contributed by atoms with E-state index < -0.39 is 5.41 Å². The van der Waals surface area contributed by atoms with Crippen molar-refractivity contribution in [3.05, 3.63) is 22.2 Å². The molecule has 0 fully saturated rings. The molecule has 2 rings (SSSR count). The summed E-state index contributed by atoms with van der Waals surface area (Å²) in [6.07, 6.45) is 0. The predicted octanol–water partition coefficient (Wildman–Crippen LogP) is 3.45. The minimum atomic E-state index is -0.410. The zero-order chi connectivity index (χ0) is 12.6. The van der Waals surface area contributed by atoms with E-state index in [0.717, 1.165) is 4.47 Å². The van der Waals surface area contributed by atoms with Crippen LogP contribution in [0.25, 0.3) is 0 Å². The molecule has 1 heterocycles. The molecule has 3 nitrogen and oxygen atoms in total. The first kappa shape index (κ1) is 12.4. The minimum absolute atomic E-state index is 0.0846. The Bertz CT molecular complexity index is 460. The fourth-order valence-electron chi connectivity index (χ4n) is 1.64. The molecule has 0 saturated heterocycles. The standard InChI is InChI=1S/C13H15BrO3/c1-13(2,3)12(15)8-6-10-11(7-9(8)14)17-5-4-16-10/h6-7H,4-5H2,1-3H3.